The minimum Gasteiger partial charge on any atom is -0.314 e. The predicted molar refractivity (Wildman–Crippen MR) is 53.4 cm³/mol. The standard InChI is InChI=1S/C10H22N2/c1-4-12(3)8-10-6-5-7-11-9(10)2/h9-11H,4-8H2,1-3H3. The summed E-state index contributed by atoms with van der Waals surface area (Å²) in [6.07, 6.45) is 2.76. The highest BCUT2D eigenvalue weighted by molar-refractivity contribution is 4.79. The fraction of sp³-hybridized carbons (Fsp3) is 1.00. The van der Waals surface area contributed by atoms with Gasteiger partial charge in [0.1, 0.15) is 0 Å². The molecule has 72 valence electrons. The zero-order valence-electron chi connectivity index (χ0n) is 8.64. The molecule has 0 saturated carbocycles. The average Bonchev–Trinajstić information content (AvgIpc) is 2.09. The molecule has 0 aliphatic carbocycles. The molecule has 2 nitrogen and oxygen atoms in total. The lowest BCUT2D eigenvalue weighted by molar-refractivity contribution is 0.212. The molecule has 0 aromatic rings. The zero-order valence-corrected chi connectivity index (χ0v) is 8.64. The minimum absolute atomic E-state index is 0.716. The molecule has 0 aromatic carbocycles. The maximum atomic E-state index is 3.53. The Hall–Kier alpha value is -0.0800. The third kappa shape index (κ3) is 2.76. The van der Waals surface area contributed by atoms with Gasteiger partial charge in [-0.1, -0.05) is 6.92 Å². The van der Waals surface area contributed by atoms with Crippen molar-refractivity contribution in [3.8, 4) is 0 Å². The van der Waals surface area contributed by atoms with Crippen LogP contribution in [0.2, 0.25) is 0 Å². The molecule has 1 rings (SSSR count). The molecular weight excluding hydrogens is 148 g/mol. The predicted octanol–water partition coefficient (Wildman–Crippen LogP) is 1.33. The van der Waals surface area contributed by atoms with Crippen molar-refractivity contribution < 1.29 is 0 Å². The highest BCUT2D eigenvalue weighted by atomic mass is 15.1. The summed E-state index contributed by atoms with van der Waals surface area (Å²) in [4.78, 5) is 2.41. The molecule has 1 saturated heterocycles. The quantitative estimate of drug-likeness (QED) is 0.687. The van der Waals surface area contributed by atoms with Crippen molar-refractivity contribution in [1.29, 1.82) is 0 Å². The van der Waals surface area contributed by atoms with E-state index in [1.165, 1.54) is 32.5 Å². The van der Waals surface area contributed by atoms with Gasteiger partial charge in [-0.25, -0.2) is 0 Å². The molecule has 0 aromatic heterocycles. The second-order valence-corrected chi connectivity index (χ2v) is 4.00. The Kier molecular flexibility index (Phi) is 4.02. The van der Waals surface area contributed by atoms with Gasteiger partial charge in [-0.3, -0.25) is 0 Å². The van der Waals surface area contributed by atoms with Crippen LogP contribution in [-0.4, -0.2) is 37.6 Å². The van der Waals surface area contributed by atoms with Crippen molar-refractivity contribution in [3.63, 3.8) is 0 Å². The monoisotopic (exact) mass is 170 g/mol. The average molecular weight is 170 g/mol. The van der Waals surface area contributed by atoms with Gasteiger partial charge < -0.3 is 10.2 Å². The number of hydrogen-bond donors (Lipinski definition) is 1. The lowest BCUT2D eigenvalue weighted by atomic mass is 9.91. The second-order valence-electron chi connectivity index (χ2n) is 4.00. The molecule has 0 spiro atoms. The molecule has 2 atom stereocenters. The van der Waals surface area contributed by atoms with Crippen LogP contribution in [0.1, 0.15) is 26.7 Å². The minimum atomic E-state index is 0.716. The van der Waals surface area contributed by atoms with Gasteiger partial charge >= 0.3 is 0 Å². The molecule has 1 fully saturated rings. The Morgan fingerprint density at radius 3 is 2.83 bits per heavy atom. The van der Waals surface area contributed by atoms with Crippen LogP contribution in [0.3, 0.4) is 0 Å². The van der Waals surface area contributed by atoms with Crippen molar-refractivity contribution in [1.82, 2.24) is 10.2 Å². The third-order valence-corrected chi connectivity index (χ3v) is 3.01. The van der Waals surface area contributed by atoms with Crippen molar-refractivity contribution in [3.05, 3.63) is 0 Å². The summed E-state index contributed by atoms with van der Waals surface area (Å²) >= 11 is 0. The van der Waals surface area contributed by atoms with Crippen molar-refractivity contribution in [2.75, 3.05) is 26.7 Å². The van der Waals surface area contributed by atoms with Gasteiger partial charge in [-0.15, -0.1) is 0 Å². The van der Waals surface area contributed by atoms with E-state index in [1.54, 1.807) is 0 Å². The Balaban J connectivity index is 2.28. The van der Waals surface area contributed by atoms with E-state index in [9.17, 15) is 0 Å². The Labute approximate surface area is 76.3 Å². The van der Waals surface area contributed by atoms with Gasteiger partial charge in [0.2, 0.25) is 0 Å². The van der Waals surface area contributed by atoms with E-state index < -0.39 is 0 Å². The first-order chi connectivity index (χ1) is 5.74. The summed E-state index contributed by atoms with van der Waals surface area (Å²) in [5.41, 5.74) is 0. The van der Waals surface area contributed by atoms with Crippen LogP contribution in [0.4, 0.5) is 0 Å². The summed E-state index contributed by atoms with van der Waals surface area (Å²) in [6, 6.07) is 0.716. The molecule has 1 aliphatic rings. The van der Waals surface area contributed by atoms with Crippen LogP contribution in [-0.2, 0) is 0 Å². The summed E-state index contributed by atoms with van der Waals surface area (Å²) in [5, 5.41) is 3.53. The molecular formula is C10H22N2. The van der Waals surface area contributed by atoms with Gasteiger partial charge in [0, 0.05) is 12.6 Å². The number of nitrogens with one attached hydrogen (secondary N) is 1. The van der Waals surface area contributed by atoms with Crippen molar-refractivity contribution in [2.45, 2.75) is 32.7 Å². The summed E-state index contributed by atoms with van der Waals surface area (Å²) in [7, 11) is 2.21. The largest absolute Gasteiger partial charge is 0.314 e. The molecule has 2 unspecified atom stereocenters. The Morgan fingerprint density at radius 2 is 2.25 bits per heavy atom. The van der Waals surface area contributed by atoms with E-state index in [0.717, 1.165) is 5.92 Å². The lowest BCUT2D eigenvalue weighted by Gasteiger charge is -2.32. The lowest BCUT2D eigenvalue weighted by Crippen LogP contribution is -2.43. The van der Waals surface area contributed by atoms with Gasteiger partial charge in [-0.2, -0.15) is 0 Å². The zero-order chi connectivity index (χ0) is 8.97. The number of piperidine rings is 1. The van der Waals surface area contributed by atoms with Crippen LogP contribution < -0.4 is 5.32 Å². The second kappa shape index (κ2) is 4.83. The first kappa shape index (κ1) is 10.0. The summed E-state index contributed by atoms with van der Waals surface area (Å²) < 4.78 is 0. The number of hydrogen-bond acceptors (Lipinski definition) is 2. The Morgan fingerprint density at radius 1 is 1.50 bits per heavy atom. The fourth-order valence-corrected chi connectivity index (χ4v) is 1.89. The fourth-order valence-electron chi connectivity index (χ4n) is 1.89. The van der Waals surface area contributed by atoms with E-state index in [2.05, 4.69) is 31.1 Å². The van der Waals surface area contributed by atoms with E-state index in [4.69, 9.17) is 0 Å². The SMILES string of the molecule is CCN(C)CC1CCCNC1C. The first-order valence-corrected chi connectivity index (χ1v) is 5.16. The van der Waals surface area contributed by atoms with Crippen LogP contribution in [0.5, 0.6) is 0 Å². The van der Waals surface area contributed by atoms with Gasteiger partial charge in [0.25, 0.3) is 0 Å². The molecule has 1 heterocycles. The number of nitrogens with zero attached hydrogens (tertiary/aromatic N) is 1. The highest BCUT2D eigenvalue weighted by Gasteiger charge is 2.21. The summed E-state index contributed by atoms with van der Waals surface area (Å²) in [5.74, 6) is 0.865. The van der Waals surface area contributed by atoms with Gasteiger partial charge in [0.05, 0.1) is 0 Å². The maximum absolute atomic E-state index is 3.53. The summed E-state index contributed by atoms with van der Waals surface area (Å²) in [6.45, 7) is 8.18. The normalized spacial score (nSPS) is 31.0. The van der Waals surface area contributed by atoms with Crippen LogP contribution in [0, 0.1) is 5.92 Å². The highest BCUT2D eigenvalue weighted by Crippen LogP contribution is 2.16. The first-order valence-electron chi connectivity index (χ1n) is 5.16. The molecule has 12 heavy (non-hydrogen) atoms. The van der Waals surface area contributed by atoms with Gasteiger partial charge in [0.15, 0.2) is 0 Å². The third-order valence-electron chi connectivity index (χ3n) is 3.01. The number of rotatable bonds is 3. The molecule has 1 N–H and O–H groups in total. The van der Waals surface area contributed by atoms with E-state index in [0.29, 0.717) is 6.04 Å². The topological polar surface area (TPSA) is 15.3 Å². The van der Waals surface area contributed by atoms with Crippen molar-refractivity contribution in [2.24, 2.45) is 5.92 Å². The van der Waals surface area contributed by atoms with E-state index in [1.807, 2.05) is 0 Å². The molecule has 2 heteroatoms. The van der Waals surface area contributed by atoms with Crippen molar-refractivity contribution >= 4 is 0 Å². The van der Waals surface area contributed by atoms with E-state index >= 15 is 0 Å². The molecule has 0 bridgehead atoms. The van der Waals surface area contributed by atoms with Crippen LogP contribution in [0.15, 0.2) is 0 Å². The maximum Gasteiger partial charge on any atom is 0.00792 e. The molecule has 1 aliphatic heterocycles. The smallest absolute Gasteiger partial charge is 0.00792 e. The molecule has 0 radical (unpaired) electrons. The van der Waals surface area contributed by atoms with Crippen LogP contribution in [0.25, 0.3) is 0 Å². The molecule has 0 amide bonds. The van der Waals surface area contributed by atoms with Crippen LogP contribution >= 0.6 is 0 Å². The Bertz CT molecular complexity index is 125. The van der Waals surface area contributed by atoms with E-state index in [-0.39, 0.29) is 0 Å². The van der Waals surface area contributed by atoms with Gasteiger partial charge in [-0.05, 0) is 45.8 Å².